The molecule has 0 aliphatic heterocycles. The number of benzene rings is 1. The molecular weight excluding hydrogens is 212 g/mol. The van der Waals surface area contributed by atoms with Gasteiger partial charge in [0.15, 0.2) is 0 Å². The fourth-order valence-electron chi connectivity index (χ4n) is 1.67. The monoisotopic (exact) mass is 228 g/mol. The summed E-state index contributed by atoms with van der Waals surface area (Å²) in [6, 6.07) is 9.62. The Bertz CT molecular complexity index is 584. The van der Waals surface area contributed by atoms with Crippen LogP contribution in [0.1, 0.15) is 25.3 Å². The first kappa shape index (κ1) is 11.6. The molecule has 1 N–H and O–H groups in total. The topological polar surface area (TPSA) is 45.2 Å². The molecule has 0 aliphatic rings. The Kier molecular flexibility index (Phi) is 3.70. The molecule has 1 aromatic carbocycles. The molecule has 88 valence electrons. The zero-order valence-electron chi connectivity index (χ0n) is 9.94. The zero-order chi connectivity index (χ0) is 12.1. The third-order valence-corrected chi connectivity index (χ3v) is 2.65. The molecular formula is C14H16N2O. The molecule has 0 bridgehead atoms. The van der Waals surface area contributed by atoms with Gasteiger partial charge in [0.25, 0.3) is 5.56 Å². The number of H-pyrrole nitrogens is 1. The fraction of sp³-hybridized carbons (Fsp3) is 0.286. The first-order valence-electron chi connectivity index (χ1n) is 5.93. The van der Waals surface area contributed by atoms with Crippen LogP contribution in [0.4, 0.5) is 0 Å². The first-order chi connectivity index (χ1) is 8.31. The smallest absolute Gasteiger partial charge is 0.257 e. The van der Waals surface area contributed by atoms with Crippen LogP contribution < -0.4 is 5.56 Å². The molecule has 0 aliphatic carbocycles. The molecule has 3 nitrogen and oxygen atoms in total. The Balaban J connectivity index is 2.31. The summed E-state index contributed by atoms with van der Waals surface area (Å²) in [5.41, 5.74) is 1.41. The number of hydrogen-bond acceptors (Lipinski definition) is 2. The van der Waals surface area contributed by atoms with E-state index in [2.05, 4.69) is 16.9 Å². The van der Waals surface area contributed by atoms with Crippen LogP contribution in [0.3, 0.4) is 0 Å². The highest BCUT2D eigenvalue weighted by atomic mass is 16.1. The summed E-state index contributed by atoms with van der Waals surface area (Å²) in [6.07, 6.45) is 3.84. The molecule has 0 saturated heterocycles. The van der Waals surface area contributed by atoms with E-state index in [1.165, 1.54) is 0 Å². The van der Waals surface area contributed by atoms with Gasteiger partial charge in [0.2, 0.25) is 0 Å². The number of aromatic nitrogens is 1. The van der Waals surface area contributed by atoms with E-state index in [1.54, 1.807) is 6.21 Å². The Morgan fingerprint density at radius 1 is 1.35 bits per heavy atom. The number of nitrogens with one attached hydrogen (secondary N) is 1. The number of unbranched alkanes of at least 4 members (excludes halogenated alkanes) is 1. The Morgan fingerprint density at radius 2 is 2.18 bits per heavy atom. The van der Waals surface area contributed by atoms with Gasteiger partial charge in [-0.2, -0.15) is 0 Å². The van der Waals surface area contributed by atoms with Gasteiger partial charge in [-0.3, -0.25) is 9.79 Å². The van der Waals surface area contributed by atoms with E-state index in [1.807, 2.05) is 30.3 Å². The summed E-state index contributed by atoms with van der Waals surface area (Å²) in [7, 11) is 0. The van der Waals surface area contributed by atoms with Crippen molar-refractivity contribution in [2.24, 2.45) is 4.99 Å². The van der Waals surface area contributed by atoms with Gasteiger partial charge >= 0.3 is 0 Å². The average molecular weight is 228 g/mol. The standard InChI is InChI=1S/C14H16N2O/c1-2-3-8-15-10-12-9-11-6-4-5-7-13(11)16-14(12)17/h4-7,9-10H,2-3,8H2,1H3,(H,16,17). The van der Waals surface area contributed by atoms with Crippen molar-refractivity contribution in [2.45, 2.75) is 19.8 Å². The molecule has 2 aromatic rings. The SMILES string of the molecule is CCCCN=Cc1cc2ccccc2[nH]c1=O. The second kappa shape index (κ2) is 5.43. The molecule has 0 fully saturated rings. The van der Waals surface area contributed by atoms with Crippen LogP contribution in [-0.2, 0) is 0 Å². The lowest BCUT2D eigenvalue weighted by Crippen LogP contribution is -2.11. The molecule has 0 saturated carbocycles. The zero-order valence-corrected chi connectivity index (χ0v) is 9.94. The minimum Gasteiger partial charge on any atom is -0.321 e. The largest absolute Gasteiger partial charge is 0.321 e. The number of pyridine rings is 1. The van der Waals surface area contributed by atoms with Gasteiger partial charge in [0.05, 0.1) is 5.56 Å². The van der Waals surface area contributed by atoms with Crippen LogP contribution in [0.5, 0.6) is 0 Å². The van der Waals surface area contributed by atoms with Gasteiger partial charge in [-0.1, -0.05) is 31.5 Å². The lowest BCUT2D eigenvalue weighted by Gasteiger charge is -1.98. The van der Waals surface area contributed by atoms with Crippen molar-refractivity contribution in [1.82, 2.24) is 4.98 Å². The van der Waals surface area contributed by atoms with Gasteiger partial charge in [-0.05, 0) is 23.9 Å². The van der Waals surface area contributed by atoms with Crippen molar-refractivity contribution < 1.29 is 0 Å². The maximum absolute atomic E-state index is 11.8. The van der Waals surface area contributed by atoms with Crippen LogP contribution in [0.15, 0.2) is 40.1 Å². The number of rotatable bonds is 4. The van der Waals surface area contributed by atoms with E-state index >= 15 is 0 Å². The normalized spacial score (nSPS) is 11.4. The Labute approximate surface area is 100 Å². The van der Waals surface area contributed by atoms with Gasteiger partial charge in [0.1, 0.15) is 0 Å². The highest BCUT2D eigenvalue weighted by Gasteiger charge is 1.99. The van der Waals surface area contributed by atoms with Crippen LogP contribution in [-0.4, -0.2) is 17.7 Å². The fourth-order valence-corrected chi connectivity index (χ4v) is 1.67. The summed E-state index contributed by atoms with van der Waals surface area (Å²) in [5.74, 6) is 0. The minimum atomic E-state index is -0.0797. The van der Waals surface area contributed by atoms with Gasteiger partial charge < -0.3 is 4.98 Å². The molecule has 3 heteroatoms. The third-order valence-electron chi connectivity index (χ3n) is 2.65. The molecule has 1 heterocycles. The van der Waals surface area contributed by atoms with Crippen molar-refractivity contribution in [1.29, 1.82) is 0 Å². The summed E-state index contributed by atoms with van der Waals surface area (Å²) in [5, 5.41) is 1.03. The maximum atomic E-state index is 11.8. The number of para-hydroxylation sites is 1. The highest BCUT2D eigenvalue weighted by molar-refractivity contribution is 5.87. The number of aromatic amines is 1. The predicted molar refractivity (Wildman–Crippen MR) is 71.9 cm³/mol. The number of aliphatic imine (C=N–C) groups is 1. The van der Waals surface area contributed by atoms with Crippen molar-refractivity contribution in [3.05, 3.63) is 46.2 Å². The predicted octanol–water partition coefficient (Wildman–Crippen LogP) is 2.75. The first-order valence-corrected chi connectivity index (χ1v) is 5.93. The van der Waals surface area contributed by atoms with E-state index in [0.717, 1.165) is 30.3 Å². The summed E-state index contributed by atoms with van der Waals surface area (Å²) in [6.45, 7) is 2.90. The number of nitrogens with zero attached hydrogens (tertiary/aromatic N) is 1. The van der Waals surface area contributed by atoms with Crippen molar-refractivity contribution in [3.63, 3.8) is 0 Å². The lowest BCUT2D eigenvalue weighted by atomic mass is 10.2. The van der Waals surface area contributed by atoms with Crippen molar-refractivity contribution in [2.75, 3.05) is 6.54 Å². The van der Waals surface area contributed by atoms with Gasteiger partial charge in [0, 0.05) is 18.3 Å². The van der Waals surface area contributed by atoms with E-state index in [-0.39, 0.29) is 5.56 Å². The lowest BCUT2D eigenvalue weighted by molar-refractivity contribution is 0.810. The molecule has 0 radical (unpaired) electrons. The molecule has 0 unspecified atom stereocenters. The highest BCUT2D eigenvalue weighted by Crippen LogP contribution is 2.08. The Morgan fingerprint density at radius 3 is 3.00 bits per heavy atom. The van der Waals surface area contributed by atoms with E-state index in [4.69, 9.17) is 0 Å². The minimum absolute atomic E-state index is 0.0797. The molecule has 0 atom stereocenters. The quantitative estimate of drug-likeness (QED) is 0.634. The molecule has 17 heavy (non-hydrogen) atoms. The summed E-state index contributed by atoms with van der Waals surface area (Å²) < 4.78 is 0. The van der Waals surface area contributed by atoms with Crippen LogP contribution in [0, 0.1) is 0 Å². The number of hydrogen-bond donors (Lipinski definition) is 1. The average Bonchev–Trinajstić information content (AvgIpc) is 2.35. The second-order valence-electron chi connectivity index (χ2n) is 4.03. The van der Waals surface area contributed by atoms with E-state index in [0.29, 0.717) is 5.56 Å². The van der Waals surface area contributed by atoms with Crippen LogP contribution in [0.25, 0.3) is 10.9 Å². The summed E-state index contributed by atoms with van der Waals surface area (Å²) >= 11 is 0. The molecule has 1 aromatic heterocycles. The van der Waals surface area contributed by atoms with Crippen LogP contribution in [0.2, 0.25) is 0 Å². The van der Waals surface area contributed by atoms with Crippen LogP contribution >= 0.6 is 0 Å². The molecule has 0 amide bonds. The Hall–Kier alpha value is -1.90. The third kappa shape index (κ3) is 2.81. The van der Waals surface area contributed by atoms with E-state index in [9.17, 15) is 4.79 Å². The maximum Gasteiger partial charge on any atom is 0.257 e. The van der Waals surface area contributed by atoms with Crippen molar-refractivity contribution in [3.8, 4) is 0 Å². The second-order valence-corrected chi connectivity index (χ2v) is 4.03. The number of fused-ring (bicyclic) bond motifs is 1. The summed E-state index contributed by atoms with van der Waals surface area (Å²) in [4.78, 5) is 18.9. The van der Waals surface area contributed by atoms with Gasteiger partial charge in [-0.15, -0.1) is 0 Å². The van der Waals surface area contributed by atoms with E-state index < -0.39 is 0 Å². The van der Waals surface area contributed by atoms with Crippen molar-refractivity contribution >= 4 is 17.1 Å². The van der Waals surface area contributed by atoms with Gasteiger partial charge in [-0.25, -0.2) is 0 Å². The molecule has 2 rings (SSSR count). The molecule has 0 spiro atoms.